The summed E-state index contributed by atoms with van der Waals surface area (Å²) in [7, 11) is 0. The predicted octanol–water partition coefficient (Wildman–Crippen LogP) is 4.00. The standard InChI is InChI=1S/C15H28O/c1-11-3-5-14(6-4-11)15-9-7-13(8-10-15)12(2)16/h11-16H,3-10H2,1-2H3/t11?,12-,13?,14?,15?/m0/s1. The van der Waals surface area contributed by atoms with E-state index in [0.29, 0.717) is 5.92 Å². The Morgan fingerprint density at radius 3 is 1.69 bits per heavy atom. The molecule has 0 saturated heterocycles. The van der Waals surface area contributed by atoms with Crippen LogP contribution in [0.4, 0.5) is 0 Å². The van der Waals surface area contributed by atoms with Crippen molar-refractivity contribution in [3.8, 4) is 0 Å². The topological polar surface area (TPSA) is 20.2 Å². The fourth-order valence-electron chi connectivity index (χ4n) is 3.86. The van der Waals surface area contributed by atoms with Crippen molar-refractivity contribution in [3.63, 3.8) is 0 Å². The molecule has 2 rings (SSSR count). The highest BCUT2D eigenvalue weighted by Crippen LogP contribution is 2.41. The molecule has 94 valence electrons. The van der Waals surface area contributed by atoms with Crippen LogP contribution in [0.2, 0.25) is 0 Å². The molecular weight excluding hydrogens is 196 g/mol. The maximum atomic E-state index is 9.61. The Morgan fingerprint density at radius 1 is 0.812 bits per heavy atom. The van der Waals surface area contributed by atoms with Gasteiger partial charge in [0.25, 0.3) is 0 Å². The van der Waals surface area contributed by atoms with Gasteiger partial charge in [0.15, 0.2) is 0 Å². The largest absolute Gasteiger partial charge is 0.393 e. The fourth-order valence-corrected chi connectivity index (χ4v) is 3.86. The first-order valence-electron chi connectivity index (χ1n) is 7.35. The molecule has 0 bridgehead atoms. The van der Waals surface area contributed by atoms with Crippen molar-refractivity contribution < 1.29 is 5.11 Å². The maximum absolute atomic E-state index is 9.61. The van der Waals surface area contributed by atoms with Crippen molar-refractivity contribution in [2.45, 2.75) is 71.3 Å². The number of aliphatic hydroxyl groups is 1. The SMILES string of the molecule is CC1CCC(C2CCC([C@H](C)O)CC2)CC1. The lowest BCUT2D eigenvalue weighted by molar-refractivity contribution is 0.0692. The Kier molecular flexibility index (Phi) is 4.29. The Labute approximate surface area is 101 Å². The Morgan fingerprint density at radius 2 is 1.25 bits per heavy atom. The highest BCUT2D eigenvalue weighted by atomic mass is 16.3. The summed E-state index contributed by atoms with van der Waals surface area (Å²) < 4.78 is 0. The normalized spacial score (nSPS) is 42.9. The van der Waals surface area contributed by atoms with Crippen LogP contribution in [0.25, 0.3) is 0 Å². The van der Waals surface area contributed by atoms with Crippen molar-refractivity contribution in [2.75, 3.05) is 0 Å². The number of hydrogen-bond acceptors (Lipinski definition) is 1. The quantitative estimate of drug-likeness (QED) is 0.751. The first-order chi connectivity index (χ1) is 7.66. The minimum Gasteiger partial charge on any atom is -0.393 e. The summed E-state index contributed by atoms with van der Waals surface area (Å²) >= 11 is 0. The first kappa shape index (κ1) is 12.4. The molecule has 0 heterocycles. The molecule has 0 aromatic rings. The second-order valence-electron chi connectivity index (χ2n) is 6.44. The molecule has 16 heavy (non-hydrogen) atoms. The Hall–Kier alpha value is -0.0400. The van der Waals surface area contributed by atoms with Gasteiger partial charge in [-0.05, 0) is 69.1 Å². The molecule has 0 aliphatic heterocycles. The monoisotopic (exact) mass is 224 g/mol. The van der Waals surface area contributed by atoms with Crippen LogP contribution in [0.3, 0.4) is 0 Å². The van der Waals surface area contributed by atoms with Gasteiger partial charge in [-0.25, -0.2) is 0 Å². The molecule has 2 aliphatic rings. The van der Waals surface area contributed by atoms with E-state index in [2.05, 4.69) is 6.92 Å². The van der Waals surface area contributed by atoms with E-state index in [1.807, 2.05) is 6.92 Å². The van der Waals surface area contributed by atoms with E-state index in [9.17, 15) is 5.11 Å². The van der Waals surface area contributed by atoms with Crippen molar-refractivity contribution in [1.82, 2.24) is 0 Å². The van der Waals surface area contributed by atoms with Gasteiger partial charge in [-0.15, -0.1) is 0 Å². The average Bonchev–Trinajstić information content (AvgIpc) is 2.30. The summed E-state index contributed by atoms with van der Waals surface area (Å²) in [5.74, 6) is 3.58. The lowest BCUT2D eigenvalue weighted by atomic mass is 9.69. The van der Waals surface area contributed by atoms with E-state index in [-0.39, 0.29) is 6.10 Å². The number of aliphatic hydroxyl groups excluding tert-OH is 1. The second-order valence-corrected chi connectivity index (χ2v) is 6.44. The van der Waals surface area contributed by atoms with Crippen LogP contribution in [0.1, 0.15) is 65.2 Å². The van der Waals surface area contributed by atoms with Gasteiger partial charge in [-0.2, -0.15) is 0 Å². The molecule has 1 atom stereocenters. The third-order valence-electron chi connectivity index (χ3n) is 5.23. The second kappa shape index (κ2) is 5.53. The van der Waals surface area contributed by atoms with E-state index in [1.54, 1.807) is 0 Å². The van der Waals surface area contributed by atoms with Crippen molar-refractivity contribution in [1.29, 1.82) is 0 Å². The number of rotatable bonds is 2. The zero-order chi connectivity index (χ0) is 11.5. The smallest absolute Gasteiger partial charge is 0.0540 e. The molecule has 2 aliphatic carbocycles. The molecule has 1 N–H and O–H groups in total. The summed E-state index contributed by atoms with van der Waals surface area (Å²) in [5.41, 5.74) is 0. The van der Waals surface area contributed by atoms with Gasteiger partial charge in [0.2, 0.25) is 0 Å². The Balaban J connectivity index is 1.76. The molecule has 0 aromatic carbocycles. The zero-order valence-corrected chi connectivity index (χ0v) is 11.0. The van der Waals surface area contributed by atoms with E-state index < -0.39 is 0 Å². The van der Waals surface area contributed by atoms with Crippen LogP contribution in [0, 0.1) is 23.7 Å². The molecular formula is C15H28O. The van der Waals surface area contributed by atoms with Crippen molar-refractivity contribution >= 4 is 0 Å². The Bertz CT molecular complexity index is 195. The van der Waals surface area contributed by atoms with Crippen LogP contribution in [0.5, 0.6) is 0 Å². The molecule has 0 amide bonds. The van der Waals surface area contributed by atoms with Crippen molar-refractivity contribution in [3.05, 3.63) is 0 Å². The van der Waals surface area contributed by atoms with Crippen molar-refractivity contribution in [2.24, 2.45) is 23.7 Å². The zero-order valence-electron chi connectivity index (χ0n) is 11.0. The lowest BCUT2D eigenvalue weighted by Gasteiger charge is -2.37. The van der Waals surface area contributed by atoms with Gasteiger partial charge < -0.3 is 5.11 Å². The predicted molar refractivity (Wildman–Crippen MR) is 68.3 cm³/mol. The van der Waals surface area contributed by atoms with Gasteiger partial charge >= 0.3 is 0 Å². The van der Waals surface area contributed by atoms with Crippen LogP contribution in [-0.2, 0) is 0 Å². The molecule has 1 heteroatoms. The summed E-state index contributed by atoms with van der Waals surface area (Å²) in [6.45, 7) is 4.37. The summed E-state index contributed by atoms with van der Waals surface area (Å²) in [6.07, 6.45) is 11.1. The first-order valence-corrected chi connectivity index (χ1v) is 7.35. The summed E-state index contributed by atoms with van der Waals surface area (Å²) in [6, 6.07) is 0. The highest BCUT2D eigenvalue weighted by molar-refractivity contribution is 4.82. The molecule has 0 aromatic heterocycles. The lowest BCUT2D eigenvalue weighted by Crippen LogP contribution is -2.28. The molecule has 0 spiro atoms. The van der Waals surface area contributed by atoms with E-state index >= 15 is 0 Å². The third kappa shape index (κ3) is 3.00. The third-order valence-corrected chi connectivity index (χ3v) is 5.23. The van der Waals surface area contributed by atoms with E-state index in [1.165, 1.54) is 51.4 Å². The van der Waals surface area contributed by atoms with Gasteiger partial charge in [-0.1, -0.05) is 19.8 Å². The van der Waals surface area contributed by atoms with Gasteiger partial charge in [0, 0.05) is 0 Å². The van der Waals surface area contributed by atoms with Gasteiger partial charge in [0.1, 0.15) is 0 Å². The summed E-state index contributed by atoms with van der Waals surface area (Å²) in [4.78, 5) is 0. The van der Waals surface area contributed by atoms with Crippen LogP contribution >= 0.6 is 0 Å². The minimum absolute atomic E-state index is 0.0765. The maximum Gasteiger partial charge on any atom is 0.0540 e. The van der Waals surface area contributed by atoms with Gasteiger partial charge in [0.05, 0.1) is 6.10 Å². The van der Waals surface area contributed by atoms with Gasteiger partial charge in [-0.3, -0.25) is 0 Å². The van der Waals surface area contributed by atoms with E-state index in [4.69, 9.17) is 0 Å². The van der Waals surface area contributed by atoms with Crippen LogP contribution in [0.15, 0.2) is 0 Å². The number of hydrogen-bond donors (Lipinski definition) is 1. The molecule has 2 saturated carbocycles. The molecule has 0 unspecified atom stereocenters. The molecule has 2 fully saturated rings. The van der Waals surface area contributed by atoms with E-state index in [0.717, 1.165) is 17.8 Å². The highest BCUT2D eigenvalue weighted by Gasteiger charge is 2.30. The van der Waals surface area contributed by atoms with Crippen LogP contribution in [-0.4, -0.2) is 11.2 Å². The molecule has 1 nitrogen and oxygen atoms in total. The minimum atomic E-state index is -0.0765. The molecule has 0 radical (unpaired) electrons. The summed E-state index contributed by atoms with van der Waals surface area (Å²) in [5, 5.41) is 9.61. The van der Waals surface area contributed by atoms with Crippen LogP contribution < -0.4 is 0 Å². The average molecular weight is 224 g/mol. The fraction of sp³-hybridized carbons (Fsp3) is 1.00.